The first-order valence-electron chi connectivity index (χ1n) is 44.1. The summed E-state index contributed by atoms with van der Waals surface area (Å²) in [4.78, 5) is 57.8. The SMILES string of the molecule is COc1ccc(Cn2nc(-c3nc4c(CN(C)C)cccc4[nH]3)c3cc(-c4cncc(-c5ccncc5)c4C)ccc32)cc1.COc1ccc(Cn2nc(-c3nc4c(CN(C)C)cccc4[nH]3)c3cc(B4OC(C)(C)C(C)(C)O4)ccc32)cc1.Cc1c(-c2ccncc2)cncc1-c1ccc2[nH]nc(-c3nc4c(CN(C)C)cccc4[nH]3)c2c1.Cc1c(Br)cncc1-c1ccncc1. The Bertz CT molecular complexity index is 7560. The summed E-state index contributed by atoms with van der Waals surface area (Å²) in [6.45, 7) is 18.3. The van der Waals surface area contributed by atoms with Gasteiger partial charge in [0.25, 0.3) is 0 Å². The van der Waals surface area contributed by atoms with Crippen molar-refractivity contribution >= 4 is 94.3 Å². The van der Waals surface area contributed by atoms with Gasteiger partial charge in [0.15, 0.2) is 17.5 Å². The van der Waals surface area contributed by atoms with Gasteiger partial charge in [0.2, 0.25) is 0 Å². The van der Waals surface area contributed by atoms with Gasteiger partial charge in [-0.3, -0.25) is 44.4 Å². The second-order valence-corrected chi connectivity index (χ2v) is 36.1. The number of fused-ring (bicyclic) bond motifs is 6. The molecule has 133 heavy (non-hydrogen) atoms. The van der Waals surface area contributed by atoms with Crippen LogP contribution in [0.5, 0.6) is 11.5 Å². The first-order valence-corrected chi connectivity index (χ1v) is 44.9. The Hall–Kier alpha value is -14.6. The average Bonchev–Trinajstić information content (AvgIpc) is 1.61. The molecule has 0 unspecified atom stereocenters. The predicted octanol–water partition coefficient (Wildman–Crippen LogP) is 20.9. The van der Waals surface area contributed by atoms with Crippen LogP contribution in [0.4, 0.5) is 0 Å². The number of benzene rings is 8. The van der Waals surface area contributed by atoms with E-state index in [2.05, 4.69) is 315 Å². The first kappa shape index (κ1) is 89.0. The Kier molecular flexibility index (Phi) is 25.5. The lowest BCUT2D eigenvalue weighted by Gasteiger charge is -2.32. The van der Waals surface area contributed by atoms with Gasteiger partial charge in [-0.1, -0.05) is 84.9 Å². The van der Waals surface area contributed by atoms with E-state index in [-0.39, 0.29) is 0 Å². The number of hydrogen-bond donors (Lipinski definition) is 4. The fourth-order valence-electron chi connectivity index (χ4n) is 17.0. The van der Waals surface area contributed by atoms with Crippen molar-refractivity contribution in [1.82, 2.24) is 104 Å². The monoisotopic (exact) mass is 1820 g/mol. The minimum Gasteiger partial charge on any atom is -0.497 e. The molecule has 0 atom stereocenters. The molecule has 1 saturated heterocycles. The van der Waals surface area contributed by atoms with E-state index in [0.29, 0.717) is 13.1 Å². The summed E-state index contributed by atoms with van der Waals surface area (Å²) < 4.78 is 28.6. The van der Waals surface area contributed by atoms with Crippen molar-refractivity contribution in [3.8, 4) is 102 Å². The van der Waals surface area contributed by atoms with Crippen LogP contribution in [-0.4, -0.2) is 179 Å². The molecular formula is C106H103BBrN21O4. The van der Waals surface area contributed by atoms with Crippen molar-refractivity contribution in [2.45, 2.75) is 92.4 Å². The van der Waals surface area contributed by atoms with Crippen LogP contribution in [0.2, 0.25) is 0 Å². The molecule has 0 bridgehead atoms. The third-order valence-electron chi connectivity index (χ3n) is 24.7. The first-order chi connectivity index (χ1) is 64.4. The Morgan fingerprint density at radius 1 is 0.383 bits per heavy atom. The highest BCUT2D eigenvalue weighted by molar-refractivity contribution is 9.10. The van der Waals surface area contributed by atoms with Crippen LogP contribution in [0.25, 0.3) is 156 Å². The zero-order chi connectivity index (χ0) is 92.3. The van der Waals surface area contributed by atoms with Crippen molar-refractivity contribution in [3.05, 3.63) is 317 Å². The number of nitrogens with one attached hydrogen (secondary N) is 4. The van der Waals surface area contributed by atoms with Crippen molar-refractivity contribution < 1.29 is 18.8 Å². The summed E-state index contributed by atoms with van der Waals surface area (Å²) in [5.74, 6) is 3.92. The molecule has 0 amide bonds. The van der Waals surface area contributed by atoms with Crippen molar-refractivity contribution in [1.29, 1.82) is 0 Å². The van der Waals surface area contributed by atoms with Crippen LogP contribution >= 0.6 is 15.9 Å². The highest BCUT2D eigenvalue weighted by Gasteiger charge is 2.52. The number of nitrogens with zero attached hydrogens (tertiary/aromatic N) is 17. The van der Waals surface area contributed by atoms with E-state index in [1.165, 1.54) is 27.8 Å². The number of halogens is 1. The number of aromatic nitrogens is 18. The van der Waals surface area contributed by atoms with Gasteiger partial charge in [-0.25, -0.2) is 15.0 Å². The van der Waals surface area contributed by atoms with E-state index < -0.39 is 18.3 Å². The maximum absolute atomic E-state index is 6.38. The van der Waals surface area contributed by atoms with Crippen LogP contribution in [-0.2, 0) is 42.0 Å². The number of ether oxygens (including phenoxy) is 2. The van der Waals surface area contributed by atoms with E-state index in [1.54, 1.807) is 32.8 Å². The molecule has 21 rings (SSSR count). The fraction of sp³-hybridized carbons (Fsp3) is 0.208. The number of para-hydroxylation sites is 3. The maximum atomic E-state index is 6.38. The molecule has 1 aliphatic rings. The molecule has 666 valence electrons. The van der Waals surface area contributed by atoms with Crippen LogP contribution in [0.15, 0.2) is 273 Å². The third kappa shape index (κ3) is 18.8. The van der Waals surface area contributed by atoms with Gasteiger partial charge < -0.3 is 48.4 Å². The van der Waals surface area contributed by atoms with E-state index in [1.807, 2.05) is 121 Å². The lowest BCUT2D eigenvalue weighted by molar-refractivity contribution is 0.00578. The topological polar surface area (TPSA) is 274 Å². The zero-order valence-electron chi connectivity index (χ0n) is 77.1. The Labute approximate surface area is 780 Å². The standard InChI is InChI=1S/C36H33N7O.C31H36BN5O3.C28H25N7.C11H9BrN2/c1-23-30(25-14-16-37-17-15-25)19-38-20-31(23)26-10-13-33-29(18-26)35(41-43(33)21-24-8-11-28(44-4)12-9-24)36-39-32-7-5-6-27(22-42(2)3)34(32)40-36;1-30(2)31(3,4)40-32(39-30)22-13-16-26-24(17-22)28(35-37(26)18-20-11-14-23(38-7)15-12-20)29-33-25-10-8-9-21(19-36(5)6)27(25)34-29;1-17-22(18-9-11-29-12-10-18)14-30-15-23(17)19-7-8-24-21(13-19)27(34-33-24)28-31-25-6-4-5-20(16-35(2)3)26(25)32-28;1-8-10(6-14-7-11(8)12)9-2-4-13-5-3-9/h5-20H,21-22H2,1-4H3,(H,39,40);8-17H,18-19H2,1-7H3,(H,33,34);4-15H,16H2,1-3H3,(H,31,32)(H,33,34);2-7H,1H3. The van der Waals surface area contributed by atoms with E-state index >= 15 is 0 Å². The summed E-state index contributed by atoms with van der Waals surface area (Å²) in [5, 5.41) is 21.1. The highest BCUT2D eigenvalue weighted by Crippen LogP contribution is 2.42. The maximum Gasteiger partial charge on any atom is 0.494 e. The summed E-state index contributed by atoms with van der Waals surface area (Å²) >= 11 is 3.47. The number of imidazole rings is 3. The molecule has 0 radical (unpaired) electrons. The molecule has 1 fully saturated rings. The lowest BCUT2D eigenvalue weighted by atomic mass is 9.78. The molecular weight excluding hydrogens is 1720 g/mol. The van der Waals surface area contributed by atoms with Crippen LogP contribution in [0, 0.1) is 20.8 Å². The number of rotatable bonds is 21. The van der Waals surface area contributed by atoms with Gasteiger partial charge in [0.1, 0.15) is 28.6 Å². The van der Waals surface area contributed by atoms with Gasteiger partial charge in [0, 0.05) is 142 Å². The van der Waals surface area contributed by atoms with Gasteiger partial charge in [-0.05, 0) is 294 Å². The molecule has 4 N–H and O–H groups in total. The van der Waals surface area contributed by atoms with E-state index in [4.69, 9.17) is 43.9 Å². The Morgan fingerprint density at radius 3 is 1.17 bits per heavy atom. The number of pyridine rings is 6. The highest BCUT2D eigenvalue weighted by atomic mass is 79.9. The van der Waals surface area contributed by atoms with Gasteiger partial charge in [-0.15, -0.1) is 0 Å². The van der Waals surface area contributed by atoms with Crippen LogP contribution in [0.1, 0.15) is 72.2 Å². The van der Waals surface area contributed by atoms with E-state index in [0.717, 1.165) is 214 Å². The minimum atomic E-state index is -0.463. The molecule has 20 aromatic rings. The number of methoxy groups -OCH3 is 2. The molecule has 25 nitrogen and oxygen atoms in total. The average molecular weight is 1830 g/mol. The number of hydrogen-bond acceptors (Lipinski definition) is 19. The third-order valence-corrected chi connectivity index (χ3v) is 25.5. The summed E-state index contributed by atoms with van der Waals surface area (Å²) in [7, 11) is 15.3. The number of aromatic amines is 4. The van der Waals surface area contributed by atoms with Crippen LogP contribution in [0.3, 0.4) is 0 Å². The summed E-state index contributed by atoms with van der Waals surface area (Å²) in [6, 6.07) is 66.2. The Balaban J connectivity index is 0.000000125. The van der Waals surface area contributed by atoms with Crippen molar-refractivity contribution in [3.63, 3.8) is 0 Å². The zero-order valence-corrected chi connectivity index (χ0v) is 78.7. The molecule has 8 aromatic carbocycles. The molecule has 0 spiro atoms. The second kappa shape index (κ2) is 38.1. The molecule has 0 saturated carbocycles. The molecule has 12 aromatic heterocycles. The molecule has 1 aliphatic heterocycles. The van der Waals surface area contributed by atoms with Gasteiger partial charge in [-0.2, -0.15) is 15.3 Å². The van der Waals surface area contributed by atoms with Crippen LogP contribution < -0.4 is 14.9 Å². The quantitative estimate of drug-likeness (QED) is 0.0487. The van der Waals surface area contributed by atoms with Gasteiger partial charge >= 0.3 is 7.12 Å². The van der Waals surface area contributed by atoms with Crippen molar-refractivity contribution in [2.75, 3.05) is 56.5 Å². The molecule has 0 aliphatic carbocycles. The summed E-state index contributed by atoms with van der Waals surface area (Å²) in [6.07, 6.45) is 22.2. The normalized spacial score (nSPS) is 12.9. The summed E-state index contributed by atoms with van der Waals surface area (Å²) in [5.41, 5.74) is 31.8. The smallest absolute Gasteiger partial charge is 0.494 e. The van der Waals surface area contributed by atoms with Gasteiger partial charge in [0.05, 0.1) is 88.2 Å². The van der Waals surface area contributed by atoms with E-state index in [9.17, 15) is 0 Å². The second-order valence-electron chi connectivity index (χ2n) is 35.3. The fourth-order valence-corrected chi connectivity index (χ4v) is 17.4. The number of H-pyrrole nitrogens is 4. The van der Waals surface area contributed by atoms with Crippen molar-refractivity contribution in [2.24, 2.45) is 0 Å². The minimum absolute atomic E-state index is 0.421. The Morgan fingerprint density at radius 2 is 0.752 bits per heavy atom. The molecule has 27 heteroatoms. The molecule has 13 heterocycles. The largest absolute Gasteiger partial charge is 0.497 e. The lowest BCUT2D eigenvalue weighted by Crippen LogP contribution is -2.41. The predicted molar refractivity (Wildman–Crippen MR) is 535 cm³/mol.